The lowest BCUT2D eigenvalue weighted by Gasteiger charge is -2.24. The molecule has 1 heterocycles. The molecule has 4 nitrogen and oxygen atoms in total. The second-order valence-corrected chi connectivity index (χ2v) is 8.47. The van der Waals surface area contributed by atoms with Crippen molar-refractivity contribution in [3.8, 4) is 0 Å². The van der Waals surface area contributed by atoms with Gasteiger partial charge in [-0.05, 0) is 36.4 Å². The number of para-hydroxylation sites is 1. The van der Waals surface area contributed by atoms with E-state index in [9.17, 15) is 17.6 Å². The molecule has 1 saturated heterocycles. The zero-order valence-corrected chi connectivity index (χ0v) is 14.6. The average Bonchev–Trinajstić information content (AvgIpc) is 2.80. The van der Waals surface area contributed by atoms with E-state index in [0.29, 0.717) is 5.69 Å². The van der Waals surface area contributed by atoms with Crippen LogP contribution in [0.5, 0.6) is 0 Å². The third-order valence-corrected chi connectivity index (χ3v) is 6.50. The van der Waals surface area contributed by atoms with Crippen LogP contribution < -0.4 is 4.90 Å². The number of rotatable bonds is 4. The van der Waals surface area contributed by atoms with E-state index in [4.69, 9.17) is 0 Å². The Bertz CT molecular complexity index is 923. The minimum Gasteiger partial charge on any atom is -0.308 e. The van der Waals surface area contributed by atoms with Crippen molar-refractivity contribution in [2.24, 2.45) is 5.41 Å². The van der Waals surface area contributed by atoms with Crippen LogP contribution >= 0.6 is 0 Å². The van der Waals surface area contributed by atoms with E-state index in [1.165, 1.54) is 12.1 Å². The van der Waals surface area contributed by atoms with Gasteiger partial charge in [-0.1, -0.05) is 31.7 Å². The van der Waals surface area contributed by atoms with Crippen molar-refractivity contribution in [3.05, 3.63) is 72.6 Å². The van der Waals surface area contributed by atoms with Crippen LogP contribution in [0.25, 0.3) is 0 Å². The number of carbonyl (C=O) groups excluding carboxylic acids is 1. The molecule has 2 aromatic rings. The van der Waals surface area contributed by atoms with E-state index >= 15 is 0 Å². The lowest BCUT2D eigenvalue weighted by Crippen LogP contribution is -2.32. The van der Waals surface area contributed by atoms with E-state index in [-0.39, 0.29) is 28.7 Å². The average molecular weight is 359 g/mol. The summed E-state index contributed by atoms with van der Waals surface area (Å²) in [6, 6.07) is 13.8. The third kappa shape index (κ3) is 3.22. The first-order chi connectivity index (χ1) is 11.7. The van der Waals surface area contributed by atoms with Gasteiger partial charge in [-0.25, -0.2) is 12.8 Å². The second-order valence-electron chi connectivity index (χ2n) is 6.48. The summed E-state index contributed by atoms with van der Waals surface area (Å²) in [7, 11) is -3.69. The molecule has 0 radical (unpaired) electrons. The number of amides is 1. The van der Waals surface area contributed by atoms with Gasteiger partial charge in [0.15, 0.2) is 9.84 Å². The van der Waals surface area contributed by atoms with Crippen molar-refractivity contribution in [2.75, 3.05) is 17.2 Å². The zero-order valence-electron chi connectivity index (χ0n) is 13.8. The van der Waals surface area contributed by atoms with Crippen molar-refractivity contribution in [1.29, 1.82) is 0 Å². The van der Waals surface area contributed by atoms with Crippen molar-refractivity contribution in [3.63, 3.8) is 0 Å². The highest BCUT2D eigenvalue weighted by Gasteiger charge is 2.46. The Balaban J connectivity index is 1.90. The van der Waals surface area contributed by atoms with Crippen LogP contribution in [0.1, 0.15) is 6.92 Å². The zero-order chi connectivity index (χ0) is 18.2. The molecule has 25 heavy (non-hydrogen) atoms. The van der Waals surface area contributed by atoms with E-state index in [0.717, 1.165) is 12.1 Å². The van der Waals surface area contributed by atoms with Gasteiger partial charge in [-0.3, -0.25) is 4.79 Å². The molecule has 1 amide bonds. The fraction of sp³-hybridized carbons (Fsp3) is 0.211. The van der Waals surface area contributed by atoms with Gasteiger partial charge in [0.2, 0.25) is 0 Å². The van der Waals surface area contributed by atoms with Crippen LogP contribution in [-0.4, -0.2) is 26.6 Å². The third-order valence-electron chi connectivity index (χ3n) is 4.49. The summed E-state index contributed by atoms with van der Waals surface area (Å²) in [6.07, 6.45) is 0. The largest absolute Gasteiger partial charge is 0.308 e. The summed E-state index contributed by atoms with van der Waals surface area (Å²) in [6.45, 7) is 5.79. The van der Waals surface area contributed by atoms with Gasteiger partial charge in [-0.2, -0.15) is 0 Å². The first kappa shape index (κ1) is 17.4. The molecule has 3 rings (SSSR count). The Labute approximate surface area is 146 Å². The van der Waals surface area contributed by atoms with Gasteiger partial charge in [-0.15, -0.1) is 0 Å². The number of hydrogen-bond acceptors (Lipinski definition) is 3. The Morgan fingerprint density at radius 1 is 1.12 bits per heavy atom. The second kappa shape index (κ2) is 6.11. The molecule has 6 heteroatoms. The molecular weight excluding hydrogens is 341 g/mol. The predicted octanol–water partition coefficient (Wildman–Crippen LogP) is 3.21. The molecule has 0 aromatic heterocycles. The van der Waals surface area contributed by atoms with Crippen molar-refractivity contribution < 1.29 is 17.6 Å². The summed E-state index contributed by atoms with van der Waals surface area (Å²) >= 11 is 0. The van der Waals surface area contributed by atoms with Gasteiger partial charge in [0.05, 0.1) is 10.6 Å². The van der Waals surface area contributed by atoms with Gasteiger partial charge >= 0.3 is 0 Å². The number of nitrogens with zero attached hydrogens (tertiary/aromatic N) is 1. The fourth-order valence-corrected chi connectivity index (χ4v) is 4.85. The van der Waals surface area contributed by atoms with Crippen LogP contribution in [0.3, 0.4) is 0 Å². The maximum atomic E-state index is 13.0. The van der Waals surface area contributed by atoms with Crippen molar-refractivity contribution >= 4 is 21.4 Å². The lowest BCUT2D eigenvalue weighted by atomic mass is 9.88. The normalized spacial score (nSPS) is 21.0. The molecule has 1 aliphatic rings. The van der Waals surface area contributed by atoms with Crippen LogP contribution in [0.15, 0.2) is 71.6 Å². The van der Waals surface area contributed by atoms with Crippen LogP contribution in [-0.2, 0) is 14.6 Å². The van der Waals surface area contributed by atoms with Crippen LogP contribution in [0, 0.1) is 11.2 Å². The number of sulfone groups is 1. The van der Waals surface area contributed by atoms with E-state index < -0.39 is 21.1 Å². The highest BCUT2D eigenvalue weighted by atomic mass is 32.2. The molecule has 2 aromatic carbocycles. The Morgan fingerprint density at radius 3 is 2.32 bits per heavy atom. The summed E-state index contributed by atoms with van der Waals surface area (Å²) in [5.74, 6) is -1.04. The van der Waals surface area contributed by atoms with Crippen LogP contribution in [0.4, 0.5) is 10.1 Å². The number of carbonyl (C=O) groups is 1. The number of halogens is 1. The standard InChI is InChI=1S/C19H18FNO3S/c1-14-18(22)21(16-6-4-3-5-7-16)12-19(14,2)13-25(23,24)17-10-8-15(20)9-11-17/h3-11H,1,12-13H2,2H3. The Hall–Kier alpha value is -2.47. The highest BCUT2D eigenvalue weighted by Crippen LogP contribution is 2.39. The van der Waals surface area contributed by atoms with Gasteiger partial charge < -0.3 is 4.90 Å². The molecule has 1 unspecified atom stereocenters. The Kier molecular flexibility index (Phi) is 4.24. The van der Waals surface area contributed by atoms with Crippen LogP contribution in [0.2, 0.25) is 0 Å². The monoisotopic (exact) mass is 359 g/mol. The lowest BCUT2D eigenvalue weighted by molar-refractivity contribution is -0.114. The van der Waals surface area contributed by atoms with E-state index in [2.05, 4.69) is 6.58 Å². The summed E-state index contributed by atoms with van der Waals surface area (Å²) in [5, 5.41) is 0. The molecule has 0 bridgehead atoms. The first-order valence-electron chi connectivity index (χ1n) is 7.78. The van der Waals surface area contributed by atoms with Crippen molar-refractivity contribution in [1.82, 2.24) is 0 Å². The highest BCUT2D eigenvalue weighted by molar-refractivity contribution is 7.91. The SMILES string of the molecule is C=C1C(=O)N(c2ccccc2)CC1(C)CS(=O)(=O)c1ccc(F)cc1. The molecule has 0 spiro atoms. The summed E-state index contributed by atoms with van der Waals surface area (Å²) < 4.78 is 38.5. The van der Waals surface area contributed by atoms with Gasteiger partial charge in [0.25, 0.3) is 5.91 Å². The fourth-order valence-electron chi connectivity index (χ4n) is 3.03. The quantitative estimate of drug-likeness (QED) is 0.622. The summed E-state index contributed by atoms with van der Waals surface area (Å²) in [5.41, 5.74) is 0.0544. The topological polar surface area (TPSA) is 54.5 Å². The van der Waals surface area contributed by atoms with E-state index in [1.54, 1.807) is 24.0 Å². The summed E-state index contributed by atoms with van der Waals surface area (Å²) in [4.78, 5) is 14.2. The number of anilines is 1. The van der Waals surface area contributed by atoms with Gasteiger partial charge in [0, 0.05) is 23.2 Å². The molecule has 0 N–H and O–H groups in total. The van der Waals surface area contributed by atoms with Gasteiger partial charge in [0.1, 0.15) is 5.82 Å². The molecule has 1 fully saturated rings. The molecule has 130 valence electrons. The minimum atomic E-state index is -3.69. The molecule has 0 aliphatic carbocycles. The van der Waals surface area contributed by atoms with E-state index in [1.807, 2.05) is 18.2 Å². The molecule has 1 atom stereocenters. The maximum Gasteiger partial charge on any atom is 0.254 e. The first-order valence-corrected chi connectivity index (χ1v) is 9.43. The number of hydrogen-bond donors (Lipinski definition) is 0. The number of benzene rings is 2. The Morgan fingerprint density at radius 2 is 1.72 bits per heavy atom. The molecule has 1 aliphatic heterocycles. The molecular formula is C19H18FNO3S. The smallest absolute Gasteiger partial charge is 0.254 e. The van der Waals surface area contributed by atoms with Crippen molar-refractivity contribution in [2.45, 2.75) is 11.8 Å². The maximum absolute atomic E-state index is 13.0. The minimum absolute atomic E-state index is 0.0357. The predicted molar refractivity (Wildman–Crippen MR) is 94.5 cm³/mol. The molecule has 0 saturated carbocycles.